The molecule has 0 aliphatic carbocycles. The molecule has 0 bridgehead atoms. The summed E-state index contributed by atoms with van der Waals surface area (Å²) < 4.78 is 11.4. The van der Waals surface area contributed by atoms with Gasteiger partial charge in [0.15, 0.2) is 0 Å². The Morgan fingerprint density at radius 1 is 0.931 bits per heavy atom. The van der Waals surface area contributed by atoms with Crippen LogP contribution in [0.15, 0.2) is 84.9 Å². The SMILES string of the molecule is O=C(NC(c1ccccc1)c1ccccc1)c1ccc(OCC2CCCO2)cc1. The highest BCUT2D eigenvalue weighted by atomic mass is 16.5. The second-order valence-electron chi connectivity index (χ2n) is 7.20. The summed E-state index contributed by atoms with van der Waals surface area (Å²) in [5, 5.41) is 3.16. The van der Waals surface area contributed by atoms with E-state index in [0.717, 1.165) is 36.3 Å². The molecule has 0 spiro atoms. The Morgan fingerprint density at radius 2 is 1.55 bits per heavy atom. The van der Waals surface area contributed by atoms with Crippen LogP contribution < -0.4 is 10.1 Å². The van der Waals surface area contributed by atoms with Crippen LogP contribution in [0.4, 0.5) is 0 Å². The first-order chi connectivity index (χ1) is 14.3. The van der Waals surface area contributed by atoms with Gasteiger partial charge in [0, 0.05) is 12.2 Å². The van der Waals surface area contributed by atoms with Gasteiger partial charge in [-0.15, -0.1) is 0 Å². The highest BCUT2D eigenvalue weighted by molar-refractivity contribution is 5.94. The molecule has 4 nitrogen and oxygen atoms in total. The molecule has 1 saturated heterocycles. The van der Waals surface area contributed by atoms with Crippen LogP contribution >= 0.6 is 0 Å². The Balaban J connectivity index is 1.44. The Morgan fingerprint density at radius 3 is 2.10 bits per heavy atom. The summed E-state index contributed by atoms with van der Waals surface area (Å²) in [6.07, 6.45) is 2.31. The molecular formula is C25H25NO3. The van der Waals surface area contributed by atoms with Gasteiger partial charge in [0.2, 0.25) is 0 Å². The van der Waals surface area contributed by atoms with Gasteiger partial charge < -0.3 is 14.8 Å². The van der Waals surface area contributed by atoms with Gasteiger partial charge in [-0.2, -0.15) is 0 Å². The van der Waals surface area contributed by atoms with Crippen LogP contribution in [0.2, 0.25) is 0 Å². The number of carbonyl (C=O) groups excluding carboxylic acids is 1. The van der Waals surface area contributed by atoms with Crippen LogP contribution in [0, 0.1) is 0 Å². The second kappa shape index (κ2) is 9.39. The summed E-state index contributed by atoms with van der Waals surface area (Å²) in [6.45, 7) is 1.37. The van der Waals surface area contributed by atoms with E-state index >= 15 is 0 Å². The maximum atomic E-state index is 12.9. The third kappa shape index (κ3) is 5.04. The summed E-state index contributed by atoms with van der Waals surface area (Å²) in [7, 11) is 0. The summed E-state index contributed by atoms with van der Waals surface area (Å²) in [5.74, 6) is 0.633. The molecule has 29 heavy (non-hydrogen) atoms. The minimum atomic E-state index is -0.208. The fourth-order valence-electron chi connectivity index (χ4n) is 3.53. The molecule has 0 aromatic heterocycles. The third-order valence-electron chi connectivity index (χ3n) is 5.12. The quantitative estimate of drug-likeness (QED) is 0.636. The van der Waals surface area contributed by atoms with Gasteiger partial charge in [-0.05, 0) is 48.2 Å². The molecule has 4 rings (SSSR count). The summed E-state index contributed by atoms with van der Waals surface area (Å²) in [5.41, 5.74) is 2.69. The Labute approximate surface area is 171 Å². The molecule has 1 atom stereocenters. The fraction of sp³-hybridized carbons (Fsp3) is 0.240. The number of carbonyl (C=O) groups is 1. The molecule has 1 aliphatic heterocycles. The van der Waals surface area contributed by atoms with E-state index in [1.807, 2.05) is 72.8 Å². The zero-order valence-electron chi connectivity index (χ0n) is 16.3. The second-order valence-corrected chi connectivity index (χ2v) is 7.20. The average Bonchev–Trinajstić information content (AvgIpc) is 3.31. The lowest BCUT2D eigenvalue weighted by molar-refractivity contribution is 0.0679. The lowest BCUT2D eigenvalue weighted by Crippen LogP contribution is -2.29. The molecule has 1 heterocycles. The average molecular weight is 387 g/mol. The molecule has 1 aliphatic rings. The molecule has 3 aromatic carbocycles. The first-order valence-corrected chi connectivity index (χ1v) is 10.0. The predicted molar refractivity (Wildman–Crippen MR) is 113 cm³/mol. The van der Waals surface area contributed by atoms with Crippen molar-refractivity contribution < 1.29 is 14.3 Å². The zero-order valence-corrected chi connectivity index (χ0v) is 16.3. The van der Waals surface area contributed by atoms with E-state index in [1.165, 1.54) is 0 Å². The van der Waals surface area contributed by atoms with Gasteiger partial charge in [0.1, 0.15) is 12.4 Å². The molecule has 1 amide bonds. The largest absolute Gasteiger partial charge is 0.491 e. The van der Waals surface area contributed by atoms with Crippen LogP contribution in [-0.4, -0.2) is 25.2 Å². The van der Waals surface area contributed by atoms with Crippen LogP contribution in [0.1, 0.15) is 40.4 Å². The van der Waals surface area contributed by atoms with Crippen LogP contribution in [0.25, 0.3) is 0 Å². The number of benzene rings is 3. The van der Waals surface area contributed by atoms with Crippen LogP contribution in [0.5, 0.6) is 5.75 Å². The topological polar surface area (TPSA) is 47.6 Å². The van der Waals surface area contributed by atoms with Crippen molar-refractivity contribution in [3.05, 3.63) is 102 Å². The number of rotatable bonds is 7. The summed E-state index contributed by atoms with van der Waals surface area (Å²) >= 11 is 0. The van der Waals surface area contributed by atoms with Crippen molar-refractivity contribution in [2.24, 2.45) is 0 Å². The molecule has 148 valence electrons. The van der Waals surface area contributed by atoms with E-state index in [0.29, 0.717) is 12.2 Å². The molecule has 3 aromatic rings. The highest BCUT2D eigenvalue weighted by Crippen LogP contribution is 2.23. The van der Waals surface area contributed by atoms with Gasteiger partial charge in [0.05, 0.1) is 12.1 Å². The molecule has 1 unspecified atom stereocenters. The monoisotopic (exact) mass is 387 g/mol. The summed E-state index contributed by atoms with van der Waals surface area (Å²) in [6, 6.07) is 27.1. The molecule has 4 heteroatoms. The minimum absolute atomic E-state index is 0.117. The first-order valence-electron chi connectivity index (χ1n) is 10.0. The predicted octanol–water partition coefficient (Wildman–Crippen LogP) is 4.76. The van der Waals surface area contributed by atoms with Crippen molar-refractivity contribution in [1.82, 2.24) is 5.32 Å². The van der Waals surface area contributed by atoms with Gasteiger partial charge >= 0.3 is 0 Å². The van der Waals surface area contributed by atoms with Crippen molar-refractivity contribution in [1.29, 1.82) is 0 Å². The molecule has 0 saturated carbocycles. The van der Waals surface area contributed by atoms with Gasteiger partial charge in [-0.3, -0.25) is 4.79 Å². The van der Waals surface area contributed by atoms with Crippen molar-refractivity contribution in [3.63, 3.8) is 0 Å². The van der Waals surface area contributed by atoms with Crippen molar-refractivity contribution in [3.8, 4) is 5.75 Å². The van der Waals surface area contributed by atoms with Gasteiger partial charge in [-0.1, -0.05) is 60.7 Å². The Hall–Kier alpha value is -3.11. The number of hydrogen-bond acceptors (Lipinski definition) is 3. The van der Waals surface area contributed by atoms with Crippen molar-refractivity contribution >= 4 is 5.91 Å². The Kier molecular flexibility index (Phi) is 6.22. The van der Waals surface area contributed by atoms with Crippen LogP contribution in [0.3, 0.4) is 0 Å². The van der Waals surface area contributed by atoms with Gasteiger partial charge in [-0.25, -0.2) is 0 Å². The fourth-order valence-corrected chi connectivity index (χ4v) is 3.53. The highest BCUT2D eigenvalue weighted by Gasteiger charge is 2.18. The molecule has 0 radical (unpaired) electrons. The molecule has 1 fully saturated rings. The minimum Gasteiger partial charge on any atom is -0.491 e. The maximum Gasteiger partial charge on any atom is 0.252 e. The lowest BCUT2D eigenvalue weighted by atomic mass is 9.98. The van der Waals surface area contributed by atoms with E-state index in [1.54, 1.807) is 12.1 Å². The van der Waals surface area contributed by atoms with Gasteiger partial charge in [0.25, 0.3) is 5.91 Å². The number of hydrogen-bond donors (Lipinski definition) is 1. The van der Waals surface area contributed by atoms with Crippen LogP contribution in [-0.2, 0) is 4.74 Å². The third-order valence-corrected chi connectivity index (χ3v) is 5.12. The van der Waals surface area contributed by atoms with Crippen molar-refractivity contribution in [2.75, 3.05) is 13.2 Å². The summed E-state index contributed by atoms with van der Waals surface area (Å²) in [4.78, 5) is 12.9. The number of ether oxygens (including phenoxy) is 2. The Bertz CT molecular complexity index is 864. The van der Waals surface area contributed by atoms with E-state index in [-0.39, 0.29) is 18.1 Å². The molecular weight excluding hydrogens is 362 g/mol. The normalized spacial score (nSPS) is 16.0. The standard InChI is InChI=1S/C25H25NO3/c27-25(21-13-15-22(16-14-21)29-18-23-12-7-17-28-23)26-24(19-8-3-1-4-9-19)20-10-5-2-6-11-20/h1-6,8-11,13-16,23-24H,7,12,17-18H2,(H,26,27). The smallest absolute Gasteiger partial charge is 0.252 e. The molecule has 1 N–H and O–H groups in total. The maximum absolute atomic E-state index is 12.9. The number of nitrogens with one attached hydrogen (secondary N) is 1. The lowest BCUT2D eigenvalue weighted by Gasteiger charge is -2.20. The zero-order chi connectivity index (χ0) is 19.9. The van der Waals surface area contributed by atoms with E-state index in [2.05, 4.69) is 5.32 Å². The van der Waals surface area contributed by atoms with Crippen molar-refractivity contribution in [2.45, 2.75) is 25.0 Å². The van der Waals surface area contributed by atoms with E-state index in [9.17, 15) is 4.79 Å². The first kappa shape index (κ1) is 19.2. The van der Waals surface area contributed by atoms with E-state index < -0.39 is 0 Å². The number of amides is 1. The van der Waals surface area contributed by atoms with E-state index in [4.69, 9.17) is 9.47 Å².